The third-order valence-electron chi connectivity index (χ3n) is 3.37. The fraction of sp³-hybridized carbons (Fsp3) is 0.467. The second-order valence-corrected chi connectivity index (χ2v) is 4.73. The van der Waals surface area contributed by atoms with E-state index in [0.29, 0.717) is 18.4 Å². The quantitative estimate of drug-likeness (QED) is 0.765. The van der Waals surface area contributed by atoms with Crippen molar-refractivity contribution in [3.05, 3.63) is 35.9 Å². The highest BCUT2D eigenvalue weighted by atomic mass is 16.2. The molecule has 3 nitrogen and oxygen atoms in total. The number of benzene rings is 1. The molecule has 1 fully saturated rings. The zero-order chi connectivity index (χ0) is 12.8. The van der Waals surface area contributed by atoms with Gasteiger partial charge in [0, 0.05) is 31.5 Å². The number of amides is 1. The first-order valence-corrected chi connectivity index (χ1v) is 6.63. The highest BCUT2D eigenvalue weighted by Crippen LogP contribution is 2.12. The molecule has 2 rings (SSSR count). The largest absolute Gasteiger partial charge is 0.343 e. The zero-order valence-electron chi connectivity index (χ0n) is 10.6. The van der Waals surface area contributed by atoms with Gasteiger partial charge in [-0.3, -0.25) is 9.59 Å². The predicted molar refractivity (Wildman–Crippen MR) is 70.4 cm³/mol. The molecule has 1 saturated heterocycles. The maximum atomic E-state index is 11.9. The third kappa shape index (κ3) is 3.42. The van der Waals surface area contributed by atoms with Gasteiger partial charge in [-0.25, -0.2) is 0 Å². The first kappa shape index (κ1) is 12.8. The summed E-state index contributed by atoms with van der Waals surface area (Å²) in [5, 5.41) is 0. The van der Waals surface area contributed by atoms with Crippen molar-refractivity contribution in [2.45, 2.75) is 32.1 Å². The molecule has 0 N–H and O–H groups in total. The van der Waals surface area contributed by atoms with Crippen LogP contribution in [0.2, 0.25) is 0 Å². The number of carbonyl (C=O) groups excluding carboxylic acids is 2. The van der Waals surface area contributed by atoms with E-state index in [0.717, 1.165) is 25.9 Å². The molecular weight excluding hydrogens is 226 g/mol. The van der Waals surface area contributed by atoms with Crippen LogP contribution >= 0.6 is 0 Å². The lowest BCUT2D eigenvalue weighted by Gasteiger charge is -2.26. The minimum atomic E-state index is 0.0564. The van der Waals surface area contributed by atoms with Crippen LogP contribution in [-0.4, -0.2) is 29.7 Å². The van der Waals surface area contributed by atoms with E-state index < -0.39 is 0 Å². The fourth-order valence-corrected chi connectivity index (χ4v) is 2.29. The van der Waals surface area contributed by atoms with E-state index in [1.165, 1.54) is 6.42 Å². The van der Waals surface area contributed by atoms with Crippen molar-refractivity contribution in [2.75, 3.05) is 13.1 Å². The van der Waals surface area contributed by atoms with Crippen LogP contribution in [-0.2, 0) is 4.79 Å². The van der Waals surface area contributed by atoms with Gasteiger partial charge in [0.1, 0.15) is 0 Å². The second-order valence-electron chi connectivity index (χ2n) is 4.73. The minimum absolute atomic E-state index is 0.0564. The minimum Gasteiger partial charge on any atom is -0.343 e. The van der Waals surface area contributed by atoms with Crippen LogP contribution in [0.4, 0.5) is 0 Å². The lowest BCUT2D eigenvalue weighted by Crippen LogP contribution is -2.35. The van der Waals surface area contributed by atoms with Crippen molar-refractivity contribution < 1.29 is 9.59 Å². The maximum absolute atomic E-state index is 11.9. The molecule has 1 heterocycles. The van der Waals surface area contributed by atoms with Crippen molar-refractivity contribution in [1.29, 1.82) is 0 Å². The Bertz CT molecular complexity index is 408. The normalized spacial score (nSPS) is 15.4. The van der Waals surface area contributed by atoms with Crippen molar-refractivity contribution in [2.24, 2.45) is 0 Å². The summed E-state index contributed by atoms with van der Waals surface area (Å²) in [7, 11) is 0. The standard InChI is InChI=1S/C15H19NO2/c17-14(13-7-3-1-4-8-13)9-10-15(18)16-11-5-2-6-12-16/h1,3-4,7-8H,2,5-6,9-12H2. The third-order valence-corrected chi connectivity index (χ3v) is 3.37. The van der Waals surface area contributed by atoms with Gasteiger partial charge in [-0.2, -0.15) is 0 Å². The van der Waals surface area contributed by atoms with Gasteiger partial charge < -0.3 is 4.90 Å². The predicted octanol–water partition coefficient (Wildman–Crippen LogP) is 2.66. The van der Waals surface area contributed by atoms with E-state index in [1.54, 1.807) is 12.1 Å². The van der Waals surface area contributed by atoms with Gasteiger partial charge in [0.05, 0.1) is 0 Å². The summed E-state index contributed by atoms with van der Waals surface area (Å²) in [5.41, 5.74) is 0.698. The summed E-state index contributed by atoms with van der Waals surface area (Å²) < 4.78 is 0. The molecule has 1 aromatic carbocycles. The molecule has 1 amide bonds. The summed E-state index contributed by atoms with van der Waals surface area (Å²) in [5.74, 6) is 0.181. The zero-order valence-corrected chi connectivity index (χ0v) is 10.6. The first-order chi connectivity index (χ1) is 8.77. The average molecular weight is 245 g/mol. The van der Waals surface area contributed by atoms with Crippen LogP contribution in [0.3, 0.4) is 0 Å². The van der Waals surface area contributed by atoms with Crippen LogP contribution in [0.1, 0.15) is 42.5 Å². The van der Waals surface area contributed by atoms with Gasteiger partial charge in [0.2, 0.25) is 5.91 Å². The number of likely N-dealkylation sites (tertiary alicyclic amines) is 1. The number of ketones is 1. The maximum Gasteiger partial charge on any atom is 0.223 e. The van der Waals surface area contributed by atoms with E-state index >= 15 is 0 Å². The van der Waals surface area contributed by atoms with Gasteiger partial charge >= 0.3 is 0 Å². The van der Waals surface area contributed by atoms with E-state index in [4.69, 9.17) is 0 Å². The molecule has 0 aromatic heterocycles. The molecule has 0 bridgehead atoms. The van der Waals surface area contributed by atoms with Crippen molar-refractivity contribution in [3.63, 3.8) is 0 Å². The van der Waals surface area contributed by atoms with Gasteiger partial charge in [0.15, 0.2) is 5.78 Å². The van der Waals surface area contributed by atoms with E-state index in [-0.39, 0.29) is 11.7 Å². The van der Waals surface area contributed by atoms with Gasteiger partial charge in [-0.05, 0) is 19.3 Å². The van der Waals surface area contributed by atoms with Crippen molar-refractivity contribution in [3.8, 4) is 0 Å². The first-order valence-electron chi connectivity index (χ1n) is 6.63. The molecule has 0 atom stereocenters. The molecule has 0 saturated carbocycles. The number of nitrogens with zero attached hydrogens (tertiary/aromatic N) is 1. The van der Waals surface area contributed by atoms with Gasteiger partial charge in [-0.1, -0.05) is 30.3 Å². The molecule has 0 unspecified atom stereocenters. The van der Waals surface area contributed by atoms with E-state index in [1.807, 2.05) is 23.1 Å². The SMILES string of the molecule is O=C(CCC(=O)N1CCCCC1)c1ccccc1. The number of hydrogen-bond acceptors (Lipinski definition) is 2. The Morgan fingerprint density at radius 1 is 0.944 bits per heavy atom. The molecule has 96 valence electrons. The van der Waals surface area contributed by atoms with Crippen LogP contribution in [0.25, 0.3) is 0 Å². The summed E-state index contributed by atoms with van der Waals surface area (Å²) in [6, 6.07) is 9.18. The summed E-state index contributed by atoms with van der Waals surface area (Å²) in [4.78, 5) is 25.7. The average Bonchev–Trinajstić information content (AvgIpc) is 2.46. The molecule has 0 spiro atoms. The molecule has 1 aromatic rings. The summed E-state index contributed by atoms with van der Waals surface area (Å²) >= 11 is 0. The van der Waals surface area contributed by atoms with Gasteiger partial charge in [-0.15, -0.1) is 0 Å². The summed E-state index contributed by atoms with van der Waals surface area (Å²) in [6.07, 6.45) is 4.07. The van der Waals surface area contributed by atoms with Gasteiger partial charge in [0.25, 0.3) is 0 Å². The lowest BCUT2D eigenvalue weighted by atomic mass is 10.1. The van der Waals surface area contributed by atoms with E-state index in [2.05, 4.69) is 0 Å². The molecular formula is C15H19NO2. The topological polar surface area (TPSA) is 37.4 Å². The number of rotatable bonds is 4. The molecule has 1 aliphatic heterocycles. The lowest BCUT2D eigenvalue weighted by molar-refractivity contribution is -0.132. The smallest absolute Gasteiger partial charge is 0.223 e. The molecule has 3 heteroatoms. The number of Topliss-reactive ketones (excluding diaryl/α,β-unsaturated/α-hetero) is 1. The monoisotopic (exact) mass is 245 g/mol. The van der Waals surface area contributed by atoms with E-state index in [9.17, 15) is 9.59 Å². The Labute approximate surface area is 108 Å². The second kappa shape index (κ2) is 6.34. The van der Waals surface area contributed by atoms with Crippen LogP contribution in [0.15, 0.2) is 30.3 Å². The van der Waals surface area contributed by atoms with Crippen LogP contribution in [0, 0.1) is 0 Å². The molecule has 0 radical (unpaired) electrons. The van der Waals surface area contributed by atoms with Crippen molar-refractivity contribution in [1.82, 2.24) is 4.90 Å². The molecule has 1 aliphatic rings. The van der Waals surface area contributed by atoms with Crippen molar-refractivity contribution >= 4 is 11.7 Å². The number of hydrogen-bond donors (Lipinski definition) is 0. The molecule has 0 aliphatic carbocycles. The Hall–Kier alpha value is -1.64. The number of carbonyl (C=O) groups is 2. The van der Waals surface area contributed by atoms with Crippen LogP contribution in [0.5, 0.6) is 0 Å². The Morgan fingerprint density at radius 2 is 1.61 bits per heavy atom. The highest BCUT2D eigenvalue weighted by Gasteiger charge is 2.17. The molecule has 18 heavy (non-hydrogen) atoms. The fourth-order valence-electron chi connectivity index (χ4n) is 2.29. The number of piperidine rings is 1. The Morgan fingerprint density at radius 3 is 2.28 bits per heavy atom. The summed E-state index contributed by atoms with van der Waals surface area (Å²) in [6.45, 7) is 1.72. The Balaban J connectivity index is 1.80. The highest BCUT2D eigenvalue weighted by molar-refractivity contribution is 5.97. The van der Waals surface area contributed by atoms with Crippen LogP contribution < -0.4 is 0 Å². The Kier molecular flexibility index (Phi) is 4.51.